The first-order valence-corrected chi connectivity index (χ1v) is 8.40. The number of hydrogen-bond acceptors (Lipinski definition) is 2. The van der Waals surface area contributed by atoms with Crippen molar-refractivity contribution in [2.75, 3.05) is 0 Å². The molecule has 3 aliphatic carbocycles. The zero-order valence-corrected chi connectivity index (χ0v) is 12.6. The summed E-state index contributed by atoms with van der Waals surface area (Å²) in [5, 5.41) is 0. The van der Waals surface area contributed by atoms with Gasteiger partial charge in [-0.2, -0.15) is 0 Å². The average Bonchev–Trinajstić information content (AvgIpc) is 3.45. The van der Waals surface area contributed by atoms with Crippen LogP contribution < -0.4 is 10.9 Å². The quantitative estimate of drug-likeness (QED) is 0.842. The van der Waals surface area contributed by atoms with Crippen LogP contribution in [0.2, 0.25) is 0 Å². The number of amides is 2. The molecule has 2 N–H and O–H groups in total. The van der Waals surface area contributed by atoms with Gasteiger partial charge in [-0.25, -0.2) is 0 Å². The number of fused-ring (bicyclic) bond motifs is 1. The van der Waals surface area contributed by atoms with E-state index in [1.807, 2.05) is 18.2 Å². The highest BCUT2D eigenvalue weighted by Gasteiger charge is 2.55. The van der Waals surface area contributed by atoms with Crippen molar-refractivity contribution in [2.24, 2.45) is 23.7 Å². The number of hydrogen-bond donors (Lipinski definition) is 2. The Morgan fingerprint density at radius 2 is 1.55 bits per heavy atom. The first kappa shape index (κ1) is 13.8. The first-order valence-electron chi connectivity index (χ1n) is 8.40. The number of carbonyl (C=O) groups is 2. The normalized spacial score (nSPS) is 35.2. The molecule has 2 amide bonds. The van der Waals surface area contributed by atoms with Gasteiger partial charge in [0.1, 0.15) is 0 Å². The van der Waals surface area contributed by atoms with Crippen LogP contribution in [0.4, 0.5) is 0 Å². The molecular weight excluding hydrogens is 276 g/mol. The summed E-state index contributed by atoms with van der Waals surface area (Å²) in [5.41, 5.74) is 6.50. The summed E-state index contributed by atoms with van der Waals surface area (Å²) < 4.78 is 0. The highest BCUT2D eigenvalue weighted by molar-refractivity contribution is 5.88. The lowest BCUT2D eigenvalue weighted by atomic mass is 10.0. The number of hydrazine groups is 1. The zero-order valence-electron chi connectivity index (χ0n) is 12.6. The van der Waals surface area contributed by atoms with Crippen LogP contribution in [0.3, 0.4) is 0 Å². The molecule has 3 saturated carbocycles. The number of benzene rings is 1. The van der Waals surface area contributed by atoms with E-state index in [0.717, 1.165) is 6.42 Å². The van der Waals surface area contributed by atoms with Crippen LogP contribution in [0, 0.1) is 23.7 Å². The predicted octanol–water partition coefficient (Wildman–Crippen LogP) is 2.37. The van der Waals surface area contributed by atoms with Crippen molar-refractivity contribution in [3.8, 4) is 0 Å². The average molecular weight is 298 g/mol. The second-order valence-electron chi connectivity index (χ2n) is 6.98. The van der Waals surface area contributed by atoms with Gasteiger partial charge in [0.25, 0.3) is 0 Å². The van der Waals surface area contributed by atoms with E-state index >= 15 is 0 Å². The number of rotatable bonds is 3. The van der Waals surface area contributed by atoms with Gasteiger partial charge in [-0.05, 0) is 42.6 Å². The maximum Gasteiger partial charge on any atom is 0.242 e. The minimum atomic E-state index is -0.0502. The van der Waals surface area contributed by atoms with E-state index in [2.05, 4.69) is 23.0 Å². The van der Waals surface area contributed by atoms with E-state index in [0.29, 0.717) is 17.8 Å². The highest BCUT2D eigenvalue weighted by atomic mass is 16.2. The van der Waals surface area contributed by atoms with Gasteiger partial charge in [0.15, 0.2) is 0 Å². The minimum Gasteiger partial charge on any atom is -0.273 e. The molecule has 0 spiro atoms. The van der Waals surface area contributed by atoms with Gasteiger partial charge < -0.3 is 0 Å². The Kier molecular flexibility index (Phi) is 3.40. The molecule has 0 saturated heterocycles. The van der Waals surface area contributed by atoms with Crippen LogP contribution in [0.15, 0.2) is 30.3 Å². The lowest BCUT2D eigenvalue weighted by Crippen LogP contribution is -2.43. The third kappa shape index (κ3) is 2.51. The maximum atomic E-state index is 12.1. The van der Waals surface area contributed by atoms with Crippen molar-refractivity contribution in [3.63, 3.8) is 0 Å². The fourth-order valence-corrected chi connectivity index (χ4v) is 4.23. The molecule has 116 valence electrons. The first-order chi connectivity index (χ1) is 10.8. The molecule has 4 atom stereocenters. The van der Waals surface area contributed by atoms with E-state index in [9.17, 15) is 9.59 Å². The summed E-state index contributed by atoms with van der Waals surface area (Å²) in [5.74, 6) is 1.57. The van der Waals surface area contributed by atoms with Crippen LogP contribution in [0.25, 0.3) is 0 Å². The SMILES string of the molecule is O=C(NNC(=O)[C@@H]1C[C@H]1c1ccccc1)C1[C@H]2CCCC[C@H]12. The Bertz CT molecular complexity index is 574. The van der Waals surface area contributed by atoms with E-state index < -0.39 is 0 Å². The lowest BCUT2D eigenvalue weighted by molar-refractivity contribution is -0.130. The molecule has 0 aromatic heterocycles. The topological polar surface area (TPSA) is 58.2 Å². The molecule has 1 aromatic rings. The van der Waals surface area contributed by atoms with E-state index in [1.54, 1.807) is 0 Å². The van der Waals surface area contributed by atoms with Crippen LogP contribution in [0.5, 0.6) is 0 Å². The molecule has 0 heterocycles. The van der Waals surface area contributed by atoms with E-state index in [4.69, 9.17) is 0 Å². The minimum absolute atomic E-state index is 0.00387. The van der Waals surface area contributed by atoms with Crippen LogP contribution in [-0.2, 0) is 9.59 Å². The van der Waals surface area contributed by atoms with Crippen molar-refractivity contribution < 1.29 is 9.59 Å². The smallest absolute Gasteiger partial charge is 0.242 e. The van der Waals surface area contributed by atoms with Crippen molar-refractivity contribution in [3.05, 3.63) is 35.9 Å². The Labute approximate surface area is 130 Å². The standard InChI is InChI=1S/C18H22N2O2/c21-17(15-10-14(15)11-6-2-1-3-7-11)19-20-18(22)16-12-8-4-5-9-13(12)16/h1-3,6-7,12-16H,4-5,8-10H2,(H,19,21)(H,20,22)/t12-,13-,14-,15+/m0/s1. The van der Waals surface area contributed by atoms with Gasteiger partial charge in [-0.3, -0.25) is 20.4 Å². The molecule has 0 bridgehead atoms. The van der Waals surface area contributed by atoms with E-state index in [-0.39, 0.29) is 23.7 Å². The fourth-order valence-electron chi connectivity index (χ4n) is 4.23. The van der Waals surface area contributed by atoms with Crippen molar-refractivity contribution in [1.29, 1.82) is 0 Å². The second-order valence-corrected chi connectivity index (χ2v) is 6.98. The van der Waals surface area contributed by atoms with Crippen molar-refractivity contribution in [2.45, 2.75) is 38.0 Å². The summed E-state index contributed by atoms with van der Waals surface area (Å²) in [6, 6.07) is 10.1. The van der Waals surface area contributed by atoms with Crippen molar-refractivity contribution >= 4 is 11.8 Å². The summed E-state index contributed by atoms with van der Waals surface area (Å²) >= 11 is 0. The third-order valence-corrected chi connectivity index (χ3v) is 5.62. The Morgan fingerprint density at radius 1 is 0.909 bits per heavy atom. The van der Waals surface area contributed by atoms with Crippen LogP contribution in [-0.4, -0.2) is 11.8 Å². The van der Waals surface area contributed by atoms with Crippen LogP contribution >= 0.6 is 0 Å². The summed E-state index contributed by atoms with van der Waals surface area (Å²) in [6.07, 6.45) is 5.72. The summed E-state index contributed by atoms with van der Waals surface area (Å²) in [7, 11) is 0. The summed E-state index contributed by atoms with van der Waals surface area (Å²) in [6.45, 7) is 0. The Morgan fingerprint density at radius 3 is 2.23 bits per heavy atom. The maximum absolute atomic E-state index is 12.1. The number of nitrogens with one attached hydrogen (secondary N) is 2. The second kappa shape index (κ2) is 5.41. The predicted molar refractivity (Wildman–Crippen MR) is 82.5 cm³/mol. The molecule has 4 rings (SSSR count). The molecule has 22 heavy (non-hydrogen) atoms. The molecule has 4 heteroatoms. The molecule has 0 unspecified atom stereocenters. The number of carbonyl (C=O) groups excluding carboxylic acids is 2. The van der Waals surface area contributed by atoms with Crippen LogP contribution in [0.1, 0.15) is 43.6 Å². The summed E-state index contributed by atoms with van der Waals surface area (Å²) in [4.78, 5) is 24.3. The van der Waals surface area contributed by atoms with E-state index in [1.165, 1.54) is 31.2 Å². The Hall–Kier alpha value is -1.84. The van der Waals surface area contributed by atoms with Crippen molar-refractivity contribution in [1.82, 2.24) is 10.9 Å². The largest absolute Gasteiger partial charge is 0.273 e. The van der Waals surface area contributed by atoms with Gasteiger partial charge in [-0.15, -0.1) is 0 Å². The molecule has 4 nitrogen and oxygen atoms in total. The van der Waals surface area contributed by atoms with Gasteiger partial charge in [0.2, 0.25) is 11.8 Å². The van der Waals surface area contributed by atoms with Gasteiger partial charge in [-0.1, -0.05) is 43.2 Å². The van der Waals surface area contributed by atoms with Gasteiger partial charge >= 0.3 is 0 Å². The van der Waals surface area contributed by atoms with Gasteiger partial charge in [0.05, 0.1) is 0 Å². The fraction of sp³-hybridized carbons (Fsp3) is 0.556. The monoisotopic (exact) mass is 298 g/mol. The highest BCUT2D eigenvalue weighted by Crippen LogP contribution is 2.55. The Balaban J connectivity index is 1.25. The molecular formula is C18H22N2O2. The molecule has 0 aliphatic heterocycles. The molecule has 3 fully saturated rings. The lowest BCUT2D eigenvalue weighted by Gasteiger charge is -2.07. The van der Waals surface area contributed by atoms with Gasteiger partial charge in [0, 0.05) is 11.8 Å². The molecule has 1 aromatic carbocycles. The third-order valence-electron chi connectivity index (χ3n) is 5.62. The molecule has 3 aliphatic rings. The molecule has 0 radical (unpaired) electrons. The zero-order chi connectivity index (χ0) is 15.1.